The Bertz CT molecular complexity index is 493. The van der Waals surface area contributed by atoms with E-state index in [1.807, 2.05) is 24.1 Å². The normalized spacial score (nSPS) is 18.3. The lowest BCUT2D eigenvalue weighted by atomic mass is 10.0. The van der Waals surface area contributed by atoms with Gasteiger partial charge in [-0.15, -0.1) is 0 Å². The first-order valence-corrected chi connectivity index (χ1v) is 7.79. The molecule has 0 unspecified atom stereocenters. The van der Waals surface area contributed by atoms with E-state index < -0.39 is 0 Å². The van der Waals surface area contributed by atoms with E-state index in [1.165, 1.54) is 11.1 Å². The van der Waals surface area contributed by atoms with Crippen molar-refractivity contribution in [1.82, 2.24) is 9.80 Å². The molecule has 22 heavy (non-hydrogen) atoms. The topological polar surface area (TPSA) is 42.0 Å². The monoisotopic (exact) mass is 306 g/mol. The lowest BCUT2D eigenvalue weighted by Crippen LogP contribution is -2.48. The molecule has 122 valence electrons. The van der Waals surface area contributed by atoms with Crippen molar-refractivity contribution in [2.45, 2.75) is 19.4 Å². The fourth-order valence-electron chi connectivity index (χ4n) is 2.74. The van der Waals surface area contributed by atoms with Crippen LogP contribution in [0.5, 0.6) is 0 Å². The zero-order valence-corrected chi connectivity index (χ0v) is 13.7. The van der Waals surface area contributed by atoms with Gasteiger partial charge >= 0.3 is 6.03 Å². The average Bonchev–Trinajstić information content (AvgIpc) is 2.55. The van der Waals surface area contributed by atoms with Crippen LogP contribution in [0.25, 0.3) is 0 Å². The molecule has 1 aliphatic rings. The summed E-state index contributed by atoms with van der Waals surface area (Å²) in [6.45, 7) is 5.30. The van der Waals surface area contributed by atoms with Gasteiger partial charge in [-0.1, -0.05) is 24.3 Å². The van der Waals surface area contributed by atoms with Crippen molar-refractivity contribution in [1.29, 1.82) is 0 Å². The molecule has 1 aromatic carbocycles. The SMILES string of the molecule is COCCCN(C)C(=O)N1CCO[C@@H](c2ccccc2C)C1. The van der Waals surface area contributed by atoms with Gasteiger partial charge < -0.3 is 19.3 Å². The minimum atomic E-state index is -0.0359. The van der Waals surface area contributed by atoms with Gasteiger partial charge in [-0.2, -0.15) is 0 Å². The second kappa shape index (κ2) is 8.15. The molecule has 1 atom stereocenters. The Hall–Kier alpha value is -1.59. The highest BCUT2D eigenvalue weighted by atomic mass is 16.5. The highest BCUT2D eigenvalue weighted by molar-refractivity contribution is 5.74. The predicted molar refractivity (Wildman–Crippen MR) is 86.0 cm³/mol. The zero-order chi connectivity index (χ0) is 15.9. The van der Waals surface area contributed by atoms with Crippen molar-refractivity contribution in [3.8, 4) is 0 Å². The van der Waals surface area contributed by atoms with Crippen molar-refractivity contribution < 1.29 is 14.3 Å². The molecule has 1 heterocycles. The van der Waals surface area contributed by atoms with Gasteiger partial charge in [0.2, 0.25) is 0 Å². The molecule has 5 heteroatoms. The molecule has 1 fully saturated rings. The van der Waals surface area contributed by atoms with Gasteiger partial charge in [-0.05, 0) is 24.5 Å². The van der Waals surface area contributed by atoms with Crippen LogP contribution in [0.3, 0.4) is 0 Å². The van der Waals surface area contributed by atoms with Crippen LogP contribution in [0.1, 0.15) is 23.7 Å². The first kappa shape index (κ1) is 16.8. The van der Waals surface area contributed by atoms with Gasteiger partial charge in [-0.25, -0.2) is 4.79 Å². The summed E-state index contributed by atoms with van der Waals surface area (Å²) >= 11 is 0. The number of amides is 2. The number of urea groups is 1. The molecule has 2 amide bonds. The highest BCUT2D eigenvalue weighted by Gasteiger charge is 2.27. The Kier molecular flexibility index (Phi) is 6.21. The fourth-order valence-corrected chi connectivity index (χ4v) is 2.74. The Morgan fingerprint density at radius 2 is 2.23 bits per heavy atom. The number of methoxy groups -OCH3 is 1. The van der Waals surface area contributed by atoms with Crippen LogP contribution >= 0.6 is 0 Å². The van der Waals surface area contributed by atoms with Crippen LogP contribution in [0.4, 0.5) is 4.79 Å². The molecule has 0 aromatic heterocycles. The summed E-state index contributed by atoms with van der Waals surface area (Å²) in [6, 6.07) is 8.27. The summed E-state index contributed by atoms with van der Waals surface area (Å²) in [6.07, 6.45) is 0.816. The molecule has 0 N–H and O–H groups in total. The quantitative estimate of drug-likeness (QED) is 0.785. The van der Waals surface area contributed by atoms with Gasteiger partial charge in [0.25, 0.3) is 0 Å². The standard InChI is InChI=1S/C17H26N2O3/c1-14-7-4-5-8-15(14)16-13-19(10-12-22-16)17(20)18(2)9-6-11-21-3/h4-5,7-8,16H,6,9-13H2,1-3H3/t16-/m1/s1. The van der Waals surface area contributed by atoms with E-state index in [9.17, 15) is 4.79 Å². The van der Waals surface area contributed by atoms with Gasteiger partial charge in [-0.3, -0.25) is 0 Å². The van der Waals surface area contributed by atoms with Crippen LogP contribution in [-0.2, 0) is 9.47 Å². The molecule has 0 saturated carbocycles. The summed E-state index contributed by atoms with van der Waals surface area (Å²) in [5.74, 6) is 0. The minimum Gasteiger partial charge on any atom is -0.385 e. The van der Waals surface area contributed by atoms with Crippen LogP contribution in [0.2, 0.25) is 0 Å². The fraction of sp³-hybridized carbons (Fsp3) is 0.588. The lowest BCUT2D eigenvalue weighted by Gasteiger charge is -2.36. The van der Waals surface area contributed by atoms with Crippen LogP contribution in [0, 0.1) is 6.92 Å². The summed E-state index contributed by atoms with van der Waals surface area (Å²) in [4.78, 5) is 16.2. The largest absolute Gasteiger partial charge is 0.385 e. The third kappa shape index (κ3) is 4.21. The van der Waals surface area contributed by atoms with Crippen molar-refractivity contribution in [3.63, 3.8) is 0 Å². The summed E-state index contributed by atoms with van der Waals surface area (Å²) in [5, 5.41) is 0. The molecule has 1 aromatic rings. The predicted octanol–water partition coefficient (Wildman–Crippen LogP) is 2.46. The van der Waals surface area contributed by atoms with E-state index in [0.29, 0.717) is 32.8 Å². The highest BCUT2D eigenvalue weighted by Crippen LogP contribution is 2.25. The molecule has 0 bridgehead atoms. The minimum absolute atomic E-state index is 0.0359. The maximum atomic E-state index is 12.5. The van der Waals surface area contributed by atoms with Crippen molar-refractivity contribution in [2.24, 2.45) is 0 Å². The van der Waals surface area contributed by atoms with E-state index in [-0.39, 0.29) is 12.1 Å². The van der Waals surface area contributed by atoms with E-state index in [4.69, 9.17) is 9.47 Å². The number of aryl methyl sites for hydroxylation is 1. The molecule has 0 aliphatic carbocycles. The molecule has 1 aliphatic heterocycles. The maximum Gasteiger partial charge on any atom is 0.319 e. The Labute approximate surface area is 132 Å². The summed E-state index contributed by atoms with van der Waals surface area (Å²) in [5.41, 5.74) is 2.37. The Morgan fingerprint density at radius 3 is 2.95 bits per heavy atom. The van der Waals surface area contributed by atoms with E-state index in [2.05, 4.69) is 19.1 Å². The molecular formula is C17H26N2O3. The van der Waals surface area contributed by atoms with Crippen molar-refractivity contribution in [2.75, 3.05) is 47.0 Å². The van der Waals surface area contributed by atoms with E-state index in [0.717, 1.165) is 6.42 Å². The molecule has 0 radical (unpaired) electrons. The Morgan fingerprint density at radius 1 is 1.45 bits per heavy atom. The number of carbonyl (C=O) groups is 1. The van der Waals surface area contributed by atoms with Gasteiger partial charge in [0.05, 0.1) is 13.2 Å². The van der Waals surface area contributed by atoms with Gasteiger partial charge in [0.1, 0.15) is 6.10 Å². The van der Waals surface area contributed by atoms with Crippen LogP contribution < -0.4 is 0 Å². The number of carbonyl (C=O) groups excluding carboxylic acids is 1. The smallest absolute Gasteiger partial charge is 0.319 e. The third-order valence-electron chi connectivity index (χ3n) is 4.04. The van der Waals surface area contributed by atoms with E-state index >= 15 is 0 Å². The van der Waals surface area contributed by atoms with Crippen LogP contribution in [-0.4, -0.2) is 62.8 Å². The number of hydrogen-bond donors (Lipinski definition) is 0. The van der Waals surface area contributed by atoms with E-state index in [1.54, 1.807) is 12.0 Å². The first-order chi connectivity index (χ1) is 10.6. The zero-order valence-electron chi connectivity index (χ0n) is 13.7. The average molecular weight is 306 g/mol. The number of rotatable bonds is 5. The number of ether oxygens (including phenoxy) is 2. The molecular weight excluding hydrogens is 280 g/mol. The second-order valence-electron chi connectivity index (χ2n) is 5.71. The lowest BCUT2D eigenvalue weighted by molar-refractivity contribution is -0.0201. The number of morpholine rings is 1. The third-order valence-corrected chi connectivity index (χ3v) is 4.04. The summed E-state index contributed by atoms with van der Waals surface area (Å²) in [7, 11) is 3.52. The Balaban J connectivity index is 1.95. The number of benzene rings is 1. The number of nitrogens with zero attached hydrogens (tertiary/aromatic N) is 2. The second-order valence-corrected chi connectivity index (χ2v) is 5.71. The van der Waals surface area contributed by atoms with Gasteiger partial charge in [0.15, 0.2) is 0 Å². The molecule has 2 rings (SSSR count). The molecule has 0 spiro atoms. The van der Waals surface area contributed by atoms with Crippen molar-refractivity contribution >= 4 is 6.03 Å². The maximum absolute atomic E-state index is 12.5. The van der Waals surface area contributed by atoms with Crippen molar-refractivity contribution in [3.05, 3.63) is 35.4 Å². The molecule has 1 saturated heterocycles. The number of hydrogen-bond acceptors (Lipinski definition) is 3. The van der Waals surface area contributed by atoms with Gasteiger partial charge in [0, 0.05) is 33.9 Å². The first-order valence-electron chi connectivity index (χ1n) is 7.79. The molecule has 5 nitrogen and oxygen atoms in total. The van der Waals surface area contributed by atoms with Crippen LogP contribution in [0.15, 0.2) is 24.3 Å². The summed E-state index contributed by atoms with van der Waals surface area (Å²) < 4.78 is 10.9.